The third kappa shape index (κ3) is 3.44. The molecule has 0 saturated carbocycles. The van der Waals surface area contributed by atoms with E-state index in [-0.39, 0.29) is 0 Å². The maximum Gasteiger partial charge on any atom is 0.0426 e. The van der Waals surface area contributed by atoms with E-state index in [1.165, 1.54) is 16.0 Å². The zero-order chi connectivity index (χ0) is 13.0. The Balaban J connectivity index is 2.04. The van der Waals surface area contributed by atoms with Gasteiger partial charge in [-0.3, -0.25) is 0 Å². The summed E-state index contributed by atoms with van der Waals surface area (Å²) in [5, 5.41) is 4.18. The molecule has 2 rings (SSSR count). The molecule has 0 aromatic heterocycles. The standard InChI is InChI=1S/C15H16ClNS/c1-11-3-6-13(16)9-15(11)17-10-12-4-7-14(18-2)8-5-12/h3-9,17H,10H2,1-2H3. The minimum atomic E-state index is 0.765. The molecule has 0 radical (unpaired) electrons. The number of hydrogen-bond donors (Lipinski definition) is 1. The minimum absolute atomic E-state index is 0.765. The van der Waals surface area contributed by atoms with Crippen molar-refractivity contribution in [2.24, 2.45) is 0 Å². The van der Waals surface area contributed by atoms with Gasteiger partial charge >= 0.3 is 0 Å². The van der Waals surface area contributed by atoms with Crippen LogP contribution in [0.25, 0.3) is 0 Å². The fraction of sp³-hybridized carbons (Fsp3) is 0.200. The fourth-order valence-electron chi connectivity index (χ4n) is 1.73. The molecule has 0 heterocycles. The smallest absolute Gasteiger partial charge is 0.0426 e. The lowest BCUT2D eigenvalue weighted by Gasteiger charge is -2.10. The Morgan fingerprint density at radius 2 is 1.83 bits per heavy atom. The van der Waals surface area contributed by atoms with Gasteiger partial charge in [-0.25, -0.2) is 0 Å². The van der Waals surface area contributed by atoms with Crippen molar-refractivity contribution >= 4 is 29.1 Å². The molecule has 0 aliphatic carbocycles. The summed E-state index contributed by atoms with van der Waals surface area (Å²) in [6.45, 7) is 2.89. The molecule has 0 spiro atoms. The zero-order valence-corrected chi connectivity index (χ0v) is 12.1. The van der Waals surface area contributed by atoms with Crippen molar-refractivity contribution in [1.82, 2.24) is 0 Å². The van der Waals surface area contributed by atoms with Crippen molar-refractivity contribution in [3.63, 3.8) is 0 Å². The molecule has 2 aromatic rings. The average molecular weight is 278 g/mol. The van der Waals surface area contributed by atoms with E-state index in [1.54, 1.807) is 11.8 Å². The Kier molecular flexibility index (Phi) is 4.56. The molecule has 0 fully saturated rings. The van der Waals surface area contributed by atoms with Crippen molar-refractivity contribution in [3.8, 4) is 0 Å². The first-order chi connectivity index (χ1) is 8.69. The van der Waals surface area contributed by atoms with Gasteiger partial charge in [0, 0.05) is 22.2 Å². The number of halogens is 1. The van der Waals surface area contributed by atoms with Crippen LogP contribution in [0.4, 0.5) is 5.69 Å². The molecule has 94 valence electrons. The predicted molar refractivity (Wildman–Crippen MR) is 81.7 cm³/mol. The van der Waals surface area contributed by atoms with Crippen LogP contribution in [-0.4, -0.2) is 6.26 Å². The van der Waals surface area contributed by atoms with E-state index in [2.05, 4.69) is 42.8 Å². The molecule has 1 nitrogen and oxygen atoms in total. The minimum Gasteiger partial charge on any atom is -0.381 e. The highest BCUT2D eigenvalue weighted by Crippen LogP contribution is 2.21. The van der Waals surface area contributed by atoms with E-state index >= 15 is 0 Å². The van der Waals surface area contributed by atoms with Crippen LogP contribution in [0.1, 0.15) is 11.1 Å². The molecular weight excluding hydrogens is 262 g/mol. The molecule has 2 aromatic carbocycles. The molecular formula is C15H16ClNS. The van der Waals surface area contributed by atoms with Gasteiger partial charge in [-0.2, -0.15) is 0 Å². The van der Waals surface area contributed by atoms with Gasteiger partial charge in [-0.15, -0.1) is 11.8 Å². The van der Waals surface area contributed by atoms with Crippen molar-refractivity contribution in [1.29, 1.82) is 0 Å². The lowest BCUT2D eigenvalue weighted by Crippen LogP contribution is -2.00. The summed E-state index contributed by atoms with van der Waals surface area (Å²) < 4.78 is 0. The molecule has 0 bridgehead atoms. The number of benzene rings is 2. The molecule has 1 N–H and O–H groups in total. The van der Waals surface area contributed by atoms with Crippen molar-refractivity contribution in [3.05, 3.63) is 58.6 Å². The van der Waals surface area contributed by atoms with Crippen LogP contribution in [0.5, 0.6) is 0 Å². The van der Waals surface area contributed by atoms with Gasteiger partial charge in [0.2, 0.25) is 0 Å². The summed E-state index contributed by atoms with van der Waals surface area (Å²) in [6.07, 6.45) is 2.09. The number of thioether (sulfide) groups is 1. The summed E-state index contributed by atoms with van der Waals surface area (Å²) in [5.41, 5.74) is 3.57. The van der Waals surface area contributed by atoms with Crippen LogP contribution in [0.2, 0.25) is 5.02 Å². The van der Waals surface area contributed by atoms with Crippen LogP contribution in [0, 0.1) is 6.92 Å². The quantitative estimate of drug-likeness (QED) is 0.791. The van der Waals surface area contributed by atoms with Crippen molar-refractivity contribution in [2.45, 2.75) is 18.4 Å². The van der Waals surface area contributed by atoms with Crippen molar-refractivity contribution < 1.29 is 0 Å². The number of nitrogens with one attached hydrogen (secondary N) is 1. The SMILES string of the molecule is CSc1ccc(CNc2cc(Cl)ccc2C)cc1. The van der Waals surface area contributed by atoms with Gasteiger partial charge in [0.05, 0.1) is 0 Å². The highest BCUT2D eigenvalue weighted by atomic mass is 35.5. The highest BCUT2D eigenvalue weighted by Gasteiger charge is 1.99. The monoisotopic (exact) mass is 277 g/mol. The lowest BCUT2D eigenvalue weighted by atomic mass is 10.2. The molecule has 3 heteroatoms. The zero-order valence-electron chi connectivity index (χ0n) is 10.5. The molecule has 0 aliphatic rings. The van der Waals surface area contributed by atoms with E-state index in [4.69, 9.17) is 11.6 Å². The Labute approximate surface area is 118 Å². The maximum absolute atomic E-state index is 6.00. The summed E-state index contributed by atoms with van der Waals surface area (Å²) in [4.78, 5) is 1.29. The van der Waals surface area contributed by atoms with E-state index in [9.17, 15) is 0 Å². The number of rotatable bonds is 4. The van der Waals surface area contributed by atoms with Gasteiger partial charge < -0.3 is 5.32 Å². The topological polar surface area (TPSA) is 12.0 Å². The van der Waals surface area contributed by atoms with Crippen LogP contribution in [-0.2, 0) is 6.54 Å². The maximum atomic E-state index is 6.00. The van der Waals surface area contributed by atoms with Gasteiger partial charge in [0.25, 0.3) is 0 Å². The third-order valence-corrected chi connectivity index (χ3v) is 3.82. The van der Waals surface area contributed by atoms with E-state index in [0.717, 1.165) is 17.3 Å². The fourth-order valence-corrected chi connectivity index (χ4v) is 2.31. The van der Waals surface area contributed by atoms with E-state index in [1.807, 2.05) is 18.2 Å². The number of aryl methyl sites for hydroxylation is 1. The number of hydrogen-bond acceptors (Lipinski definition) is 2. The van der Waals surface area contributed by atoms with Gasteiger partial charge in [-0.1, -0.05) is 29.8 Å². The van der Waals surface area contributed by atoms with Gasteiger partial charge in [0.15, 0.2) is 0 Å². The second-order valence-corrected chi connectivity index (χ2v) is 5.48. The summed E-state index contributed by atoms with van der Waals surface area (Å²) in [7, 11) is 0. The van der Waals surface area contributed by atoms with Crippen LogP contribution < -0.4 is 5.32 Å². The second kappa shape index (κ2) is 6.17. The van der Waals surface area contributed by atoms with Crippen LogP contribution in [0.3, 0.4) is 0 Å². The first kappa shape index (κ1) is 13.3. The molecule has 0 atom stereocenters. The Bertz CT molecular complexity index is 523. The van der Waals surface area contributed by atoms with E-state index in [0.29, 0.717) is 0 Å². The Hall–Kier alpha value is -1.12. The predicted octanol–water partition coefficient (Wildman–Crippen LogP) is 4.98. The molecule has 0 unspecified atom stereocenters. The Morgan fingerprint density at radius 3 is 2.50 bits per heavy atom. The molecule has 0 aliphatic heterocycles. The van der Waals surface area contributed by atoms with Gasteiger partial charge in [0.1, 0.15) is 0 Å². The van der Waals surface area contributed by atoms with Crippen molar-refractivity contribution in [2.75, 3.05) is 11.6 Å². The van der Waals surface area contributed by atoms with E-state index < -0.39 is 0 Å². The second-order valence-electron chi connectivity index (χ2n) is 4.16. The third-order valence-electron chi connectivity index (χ3n) is 2.84. The Morgan fingerprint density at radius 1 is 1.11 bits per heavy atom. The molecule has 0 amide bonds. The molecule has 0 saturated heterocycles. The molecule has 18 heavy (non-hydrogen) atoms. The summed E-state index contributed by atoms with van der Waals surface area (Å²) in [5.74, 6) is 0. The first-order valence-electron chi connectivity index (χ1n) is 5.82. The first-order valence-corrected chi connectivity index (χ1v) is 7.42. The summed E-state index contributed by atoms with van der Waals surface area (Å²) >= 11 is 7.75. The highest BCUT2D eigenvalue weighted by molar-refractivity contribution is 7.98. The average Bonchev–Trinajstić information content (AvgIpc) is 2.40. The largest absolute Gasteiger partial charge is 0.381 e. The van der Waals surface area contributed by atoms with Crippen LogP contribution in [0.15, 0.2) is 47.4 Å². The number of anilines is 1. The van der Waals surface area contributed by atoms with Crippen LogP contribution >= 0.6 is 23.4 Å². The lowest BCUT2D eigenvalue weighted by molar-refractivity contribution is 1.13. The normalized spacial score (nSPS) is 10.4. The van der Waals surface area contributed by atoms with Gasteiger partial charge in [-0.05, 0) is 48.6 Å². The summed E-state index contributed by atoms with van der Waals surface area (Å²) in [6, 6.07) is 14.5.